The van der Waals surface area contributed by atoms with Crippen molar-refractivity contribution in [3.63, 3.8) is 0 Å². The third kappa shape index (κ3) is 2.08. The standard InChI is InChI=1S/C17H14N2/c1-12-14-7-3-2-6-13(14)10-11-16(12)19-17-9-5-4-8-15(17)18/h2-11H,1,18H2. The number of anilines is 1. The highest BCUT2D eigenvalue weighted by atomic mass is 14.8. The number of nitrogen functional groups attached to an aromatic ring is 1. The first-order chi connectivity index (χ1) is 9.25. The summed E-state index contributed by atoms with van der Waals surface area (Å²) >= 11 is 0. The molecule has 2 N–H and O–H groups in total. The Morgan fingerprint density at radius 1 is 0.895 bits per heavy atom. The Kier molecular flexibility index (Phi) is 2.76. The second-order valence-corrected chi connectivity index (χ2v) is 4.45. The number of benzene rings is 2. The summed E-state index contributed by atoms with van der Waals surface area (Å²) in [4.78, 5) is 4.60. The molecule has 1 aliphatic carbocycles. The maximum Gasteiger partial charge on any atom is 0.0866 e. The molecule has 2 aromatic rings. The summed E-state index contributed by atoms with van der Waals surface area (Å²) in [5.41, 5.74) is 11.5. The van der Waals surface area contributed by atoms with E-state index in [0.717, 1.165) is 22.5 Å². The number of aliphatic imine (C=N–C) groups is 1. The minimum atomic E-state index is 0.676. The van der Waals surface area contributed by atoms with Gasteiger partial charge in [-0.25, -0.2) is 4.99 Å². The Bertz CT molecular complexity index is 709. The molecular weight excluding hydrogens is 232 g/mol. The van der Waals surface area contributed by atoms with Crippen molar-refractivity contribution in [1.29, 1.82) is 0 Å². The predicted octanol–water partition coefficient (Wildman–Crippen LogP) is 4.08. The molecule has 2 nitrogen and oxygen atoms in total. The van der Waals surface area contributed by atoms with Gasteiger partial charge in [-0.2, -0.15) is 0 Å². The lowest BCUT2D eigenvalue weighted by Crippen LogP contribution is -2.03. The lowest BCUT2D eigenvalue weighted by molar-refractivity contribution is 1.50. The largest absolute Gasteiger partial charge is 0.397 e. The van der Waals surface area contributed by atoms with E-state index in [1.54, 1.807) is 0 Å². The molecule has 0 spiro atoms. The van der Waals surface area contributed by atoms with Crippen molar-refractivity contribution in [3.8, 4) is 0 Å². The van der Waals surface area contributed by atoms with Crippen LogP contribution in [-0.4, -0.2) is 5.71 Å². The van der Waals surface area contributed by atoms with Crippen molar-refractivity contribution in [1.82, 2.24) is 0 Å². The van der Waals surface area contributed by atoms with Crippen LogP contribution in [0, 0.1) is 0 Å². The molecule has 0 aromatic heterocycles. The molecule has 0 saturated heterocycles. The summed E-state index contributed by atoms with van der Waals surface area (Å²) in [5.74, 6) is 0. The maximum absolute atomic E-state index is 5.92. The normalized spacial score (nSPS) is 15.6. The van der Waals surface area contributed by atoms with Crippen molar-refractivity contribution in [3.05, 3.63) is 72.3 Å². The molecule has 2 aromatic carbocycles. The summed E-state index contributed by atoms with van der Waals surface area (Å²) in [6, 6.07) is 15.8. The van der Waals surface area contributed by atoms with Gasteiger partial charge in [0.2, 0.25) is 0 Å². The molecule has 0 bridgehead atoms. The van der Waals surface area contributed by atoms with E-state index in [9.17, 15) is 0 Å². The van der Waals surface area contributed by atoms with Crippen LogP contribution in [-0.2, 0) is 0 Å². The number of allylic oxidation sites excluding steroid dienone is 2. The fourth-order valence-corrected chi connectivity index (χ4v) is 2.15. The molecule has 0 aliphatic heterocycles. The molecule has 0 atom stereocenters. The third-order valence-electron chi connectivity index (χ3n) is 3.19. The summed E-state index contributed by atoms with van der Waals surface area (Å²) < 4.78 is 0. The van der Waals surface area contributed by atoms with E-state index in [1.807, 2.05) is 42.5 Å². The summed E-state index contributed by atoms with van der Waals surface area (Å²) in [6.45, 7) is 4.14. The molecule has 92 valence electrons. The number of fused-ring (bicyclic) bond motifs is 1. The van der Waals surface area contributed by atoms with Crippen LogP contribution < -0.4 is 5.73 Å². The fourth-order valence-electron chi connectivity index (χ4n) is 2.15. The first kappa shape index (κ1) is 11.5. The molecule has 3 rings (SSSR count). The molecule has 2 heteroatoms. The van der Waals surface area contributed by atoms with Gasteiger partial charge in [0.05, 0.1) is 17.1 Å². The second kappa shape index (κ2) is 4.58. The first-order valence-corrected chi connectivity index (χ1v) is 6.15. The third-order valence-corrected chi connectivity index (χ3v) is 3.19. The first-order valence-electron chi connectivity index (χ1n) is 6.15. The molecule has 0 saturated carbocycles. The van der Waals surface area contributed by atoms with E-state index < -0.39 is 0 Å². The van der Waals surface area contributed by atoms with Crippen LogP contribution in [0.15, 0.2) is 66.2 Å². The Balaban J connectivity index is 2.06. The van der Waals surface area contributed by atoms with Crippen LogP contribution in [0.5, 0.6) is 0 Å². The molecule has 0 fully saturated rings. The summed E-state index contributed by atoms with van der Waals surface area (Å²) in [5, 5.41) is 0. The Labute approximate surface area is 112 Å². The van der Waals surface area contributed by atoms with Crippen LogP contribution in [0.4, 0.5) is 11.4 Å². The van der Waals surface area contributed by atoms with Crippen LogP contribution in [0.3, 0.4) is 0 Å². The highest BCUT2D eigenvalue weighted by Gasteiger charge is 2.13. The lowest BCUT2D eigenvalue weighted by atomic mass is 9.92. The van der Waals surface area contributed by atoms with Gasteiger partial charge in [0.25, 0.3) is 0 Å². The summed E-state index contributed by atoms with van der Waals surface area (Å²) in [6.07, 6.45) is 4.04. The highest BCUT2D eigenvalue weighted by molar-refractivity contribution is 6.32. The van der Waals surface area contributed by atoms with E-state index in [0.29, 0.717) is 5.69 Å². The maximum atomic E-state index is 5.92. The SMILES string of the molecule is C=C1C(=Nc2ccccc2N)C=Cc2ccccc21. The Morgan fingerprint density at radius 2 is 1.63 bits per heavy atom. The van der Waals surface area contributed by atoms with E-state index in [1.165, 1.54) is 5.56 Å². The minimum absolute atomic E-state index is 0.676. The van der Waals surface area contributed by atoms with E-state index >= 15 is 0 Å². The van der Waals surface area contributed by atoms with E-state index in [2.05, 4.69) is 29.8 Å². The molecule has 1 aliphatic rings. The van der Waals surface area contributed by atoms with Gasteiger partial charge in [-0.1, -0.05) is 49.1 Å². The van der Waals surface area contributed by atoms with E-state index in [-0.39, 0.29) is 0 Å². The second-order valence-electron chi connectivity index (χ2n) is 4.45. The number of hydrogen-bond acceptors (Lipinski definition) is 2. The lowest BCUT2D eigenvalue weighted by Gasteiger charge is -2.15. The van der Waals surface area contributed by atoms with E-state index in [4.69, 9.17) is 5.73 Å². The van der Waals surface area contributed by atoms with Gasteiger partial charge < -0.3 is 5.73 Å². The van der Waals surface area contributed by atoms with Gasteiger partial charge in [-0.3, -0.25) is 0 Å². The topological polar surface area (TPSA) is 38.4 Å². The summed E-state index contributed by atoms with van der Waals surface area (Å²) in [7, 11) is 0. The number of rotatable bonds is 1. The number of para-hydroxylation sites is 2. The zero-order chi connectivity index (χ0) is 13.2. The number of nitrogens with two attached hydrogens (primary N) is 1. The van der Waals surface area contributed by atoms with Crippen molar-refractivity contribution in [2.75, 3.05) is 5.73 Å². The zero-order valence-corrected chi connectivity index (χ0v) is 10.5. The quantitative estimate of drug-likeness (QED) is 0.756. The monoisotopic (exact) mass is 246 g/mol. The van der Waals surface area contributed by atoms with Gasteiger partial charge in [0.15, 0.2) is 0 Å². The predicted molar refractivity (Wildman–Crippen MR) is 82.5 cm³/mol. The van der Waals surface area contributed by atoms with Gasteiger partial charge in [0.1, 0.15) is 0 Å². The zero-order valence-electron chi connectivity index (χ0n) is 10.5. The van der Waals surface area contributed by atoms with Crippen molar-refractivity contribution in [2.24, 2.45) is 4.99 Å². The van der Waals surface area contributed by atoms with Crippen LogP contribution >= 0.6 is 0 Å². The van der Waals surface area contributed by atoms with Crippen LogP contribution in [0.1, 0.15) is 11.1 Å². The molecule has 0 heterocycles. The van der Waals surface area contributed by atoms with Gasteiger partial charge >= 0.3 is 0 Å². The number of nitrogens with zero attached hydrogens (tertiary/aromatic N) is 1. The molecular formula is C17H14N2. The van der Waals surface area contributed by atoms with Gasteiger partial charge in [0, 0.05) is 5.57 Å². The van der Waals surface area contributed by atoms with Crippen molar-refractivity contribution < 1.29 is 0 Å². The van der Waals surface area contributed by atoms with Crippen LogP contribution in [0.2, 0.25) is 0 Å². The number of hydrogen-bond donors (Lipinski definition) is 1. The van der Waals surface area contributed by atoms with Crippen molar-refractivity contribution in [2.45, 2.75) is 0 Å². The molecule has 0 unspecified atom stereocenters. The highest BCUT2D eigenvalue weighted by Crippen LogP contribution is 2.29. The van der Waals surface area contributed by atoms with Crippen LogP contribution in [0.25, 0.3) is 11.6 Å². The molecule has 19 heavy (non-hydrogen) atoms. The fraction of sp³-hybridized carbons (Fsp3) is 0. The average molecular weight is 246 g/mol. The van der Waals surface area contributed by atoms with Gasteiger partial charge in [-0.15, -0.1) is 0 Å². The molecule has 0 radical (unpaired) electrons. The Hall–Kier alpha value is -2.61. The minimum Gasteiger partial charge on any atom is -0.397 e. The Morgan fingerprint density at radius 3 is 2.47 bits per heavy atom. The van der Waals surface area contributed by atoms with Gasteiger partial charge in [-0.05, 0) is 29.3 Å². The molecule has 0 amide bonds. The van der Waals surface area contributed by atoms with Crippen molar-refractivity contribution >= 4 is 28.7 Å². The average Bonchev–Trinajstić information content (AvgIpc) is 2.44. The smallest absolute Gasteiger partial charge is 0.0866 e.